The largest absolute Gasteiger partial charge is 0.346 e. The van der Waals surface area contributed by atoms with Crippen LogP contribution in [0.2, 0.25) is 0 Å². The number of piperidine rings is 1. The zero-order valence-electron chi connectivity index (χ0n) is 14.7. The molecule has 2 bridgehead atoms. The van der Waals surface area contributed by atoms with Crippen molar-refractivity contribution < 1.29 is 4.79 Å². The van der Waals surface area contributed by atoms with Gasteiger partial charge in [-0.2, -0.15) is 11.8 Å². The van der Waals surface area contributed by atoms with E-state index in [4.69, 9.17) is 0 Å². The normalized spacial score (nSPS) is 21.3. The minimum Gasteiger partial charge on any atom is -0.346 e. The van der Waals surface area contributed by atoms with E-state index in [1.54, 1.807) is 29.2 Å². The molecule has 1 amide bonds. The summed E-state index contributed by atoms with van der Waals surface area (Å²) in [7, 11) is 0. The number of carbonyl (C=O) groups is 1. The van der Waals surface area contributed by atoms with Crippen LogP contribution in [0.4, 0.5) is 0 Å². The molecule has 0 spiro atoms. The van der Waals surface area contributed by atoms with Gasteiger partial charge in [-0.1, -0.05) is 0 Å². The number of pyridine rings is 1. The Balaban J connectivity index is 1.49. The lowest BCUT2D eigenvalue weighted by atomic mass is 9.84. The zero-order chi connectivity index (χ0) is 18.1. The molecule has 2 atom stereocenters. The molecule has 4 heterocycles. The Morgan fingerprint density at radius 1 is 1.46 bits per heavy atom. The van der Waals surface area contributed by atoms with Gasteiger partial charge in [0.25, 0.3) is 11.5 Å². The standard InChI is InChI=1S/C18H22N4O2S2/c1-25-10-16-21-13(9-26-16)7-20-17(23)14-2-3-15-12-4-11(5-19-6-12)8-22(15)18(14)24/h2-3,9,11-12,19H,4-8,10H2,1H3,(H,20,23)/t11-,12+/m0/s1. The molecule has 1 fully saturated rings. The van der Waals surface area contributed by atoms with Gasteiger partial charge in [0.2, 0.25) is 0 Å². The molecule has 4 rings (SSSR count). The molecular formula is C18H22N4O2S2. The maximum absolute atomic E-state index is 12.9. The van der Waals surface area contributed by atoms with Crippen LogP contribution in [-0.2, 0) is 18.8 Å². The fourth-order valence-corrected chi connectivity index (χ4v) is 5.36. The molecule has 0 saturated carbocycles. The predicted octanol–water partition coefficient (Wildman–Crippen LogP) is 1.80. The number of aromatic nitrogens is 2. The van der Waals surface area contributed by atoms with Crippen LogP contribution < -0.4 is 16.2 Å². The molecule has 2 aromatic heterocycles. The number of rotatable bonds is 5. The third-order valence-corrected chi connectivity index (χ3v) is 6.69. The summed E-state index contributed by atoms with van der Waals surface area (Å²) in [4.78, 5) is 29.9. The van der Waals surface area contributed by atoms with E-state index in [0.717, 1.165) is 41.7 Å². The minimum atomic E-state index is -0.321. The topological polar surface area (TPSA) is 76.0 Å². The van der Waals surface area contributed by atoms with Crippen molar-refractivity contribution >= 4 is 29.0 Å². The molecule has 2 aliphatic rings. The number of fused-ring (bicyclic) bond motifs is 4. The van der Waals surface area contributed by atoms with Crippen LogP contribution in [0.5, 0.6) is 0 Å². The minimum absolute atomic E-state index is 0.169. The van der Waals surface area contributed by atoms with E-state index in [2.05, 4.69) is 15.6 Å². The van der Waals surface area contributed by atoms with E-state index in [9.17, 15) is 9.59 Å². The highest BCUT2D eigenvalue weighted by atomic mass is 32.2. The Morgan fingerprint density at radius 2 is 2.35 bits per heavy atom. The van der Waals surface area contributed by atoms with Gasteiger partial charge in [0.1, 0.15) is 10.6 Å². The van der Waals surface area contributed by atoms with Crippen molar-refractivity contribution in [3.05, 3.63) is 49.8 Å². The molecule has 2 N–H and O–H groups in total. The molecule has 1 saturated heterocycles. The highest BCUT2D eigenvalue weighted by molar-refractivity contribution is 7.97. The van der Waals surface area contributed by atoms with Crippen LogP contribution in [0.1, 0.15) is 39.1 Å². The summed E-state index contributed by atoms with van der Waals surface area (Å²) in [5, 5.41) is 9.28. The summed E-state index contributed by atoms with van der Waals surface area (Å²) in [5.41, 5.74) is 1.95. The molecule has 26 heavy (non-hydrogen) atoms. The van der Waals surface area contributed by atoms with Gasteiger partial charge in [-0.3, -0.25) is 9.59 Å². The molecule has 2 aliphatic heterocycles. The van der Waals surface area contributed by atoms with Crippen LogP contribution in [0.15, 0.2) is 22.3 Å². The number of amides is 1. The summed E-state index contributed by atoms with van der Waals surface area (Å²) >= 11 is 3.32. The smallest absolute Gasteiger partial charge is 0.263 e. The van der Waals surface area contributed by atoms with Crippen molar-refractivity contribution in [2.45, 2.75) is 31.2 Å². The number of carbonyl (C=O) groups excluding carboxylic acids is 1. The van der Waals surface area contributed by atoms with E-state index in [0.29, 0.717) is 24.9 Å². The van der Waals surface area contributed by atoms with Crippen LogP contribution >= 0.6 is 23.1 Å². The van der Waals surface area contributed by atoms with Gasteiger partial charge < -0.3 is 15.2 Å². The molecule has 2 aromatic rings. The van der Waals surface area contributed by atoms with E-state index in [1.165, 1.54) is 0 Å². The first-order valence-corrected chi connectivity index (χ1v) is 11.1. The van der Waals surface area contributed by atoms with Gasteiger partial charge in [0.05, 0.1) is 12.2 Å². The Bertz CT molecular complexity index is 876. The van der Waals surface area contributed by atoms with Crippen LogP contribution in [0.25, 0.3) is 0 Å². The molecule has 0 radical (unpaired) electrons. The average molecular weight is 391 g/mol. The Labute approximate surface area is 160 Å². The summed E-state index contributed by atoms with van der Waals surface area (Å²) < 4.78 is 1.81. The quantitative estimate of drug-likeness (QED) is 0.814. The first-order valence-electron chi connectivity index (χ1n) is 8.80. The first-order chi connectivity index (χ1) is 12.7. The van der Waals surface area contributed by atoms with Gasteiger partial charge in [-0.05, 0) is 37.3 Å². The van der Waals surface area contributed by atoms with E-state index in [1.807, 2.05) is 22.3 Å². The number of hydrogen-bond acceptors (Lipinski definition) is 6. The van der Waals surface area contributed by atoms with Gasteiger partial charge >= 0.3 is 0 Å². The third kappa shape index (κ3) is 3.45. The average Bonchev–Trinajstić information content (AvgIpc) is 3.09. The van der Waals surface area contributed by atoms with Crippen molar-refractivity contribution in [3.8, 4) is 0 Å². The number of thiazole rings is 1. The van der Waals surface area contributed by atoms with E-state index >= 15 is 0 Å². The van der Waals surface area contributed by atoms with Crippen molar-refractivity contribution in [1.29, 1.82) is 0 Å². The van der Waals surface area contributed by atoms with Gasteiger partial charge in [-0.15, -0.1) is 11.3 Å². The van der Waals surface area contributed by atoms with Crippen LogP contribution in [-0.4, -0.2) is 34.8 Å². The second-order valence-electron chi connectivity index (χ2n) is 6.89. The lowest BCUT2D eigenvalue weighted by Crippen LogP contribution is -2.46. The zero-order valence-corrected chi connectivity index (χ0v) is 16.3. The molecule has 0 aliphatic carbocycles. The van der Waals surface area contributed by atoms with E-state index < -0.39 is 0 Å². The lowest BCUT2D eigenvalue weighted by Gasteiger charge is -2.37. The molecule has 0 unspecified atom stereocenters. The van der Waals surface area contributed by atoms with Crippen molar-refractivity contribution in [1.82, 2.24) is 20.2 Å². The van der Waals surface area contributed by atoms with Gasteiger partial charge in [0, 0.05) is 35.8 Å². The SMILES string of the molecule is CSCc1nc(CNC(=O)c2ccc3n(c2=O)C[C@@H]2CNC[C@H]3C2)cs1. The number of nitrogens with one attached hydrogen (secondary N) is 2. The molecule has 6 nitrogen and oxygen atoms in total. The Kier molecular flexibility index (Phi) is 5.15. The number of thioether (sulfide) groups is 1. The van der Waals surface area contributed by atoms with Crippen LogP contribution in [0.3, 0.4) is 0 Å². The fraction of sp³-hybridized carbons (Fsp3) is 0.500. The monoisotopic (exact) mass is 390 g/mol. The maximum atomic E-state index is 12.9. The Hall–Kier alpha value is -1.64. The Morgan fingerprint density at radius 3 is 3.19 bits per heavy atom. The number of nitrogens with zero attached hydrogens (tertiary/aromatic N) is 2. The third-order valence-electron chi connectivity index (χ3n) is 5.05. The second-order valence-corrected chi connectivity index (χ2v) is 8.70. The predicted molar refractivity (Wildman–Crippen MR) is 105 cm³/mol. The van der Waals surface area contributed by atoms with E-state index in [-0.39, 0.29) is 17.0 Å². The molecule has 138 valence electrons. The summed E-state index contributed by atoms with van der Waals surface area (Å²) in [5.74, 6) is 1.40. The molecule has 8 heteroatoms. The maximum Gasteiger partial charge on any atom is 0.263 e. The first kappa shape index (κ1) is 17.8. The highest BCUT2D eigenvalue weighted by Gasteiger charge is 2.31. The second kappa shape index (κ2) is 7.54. The van der Waals surface area contributed by atoms with Crippen molar-refractivity contribution in [3.63, 3.8) is 0 Å². The lowest BCUT2D eigenvalue weighted by molar-refractivity contribution is 0.0947. The molecule has 0 aromatic carbocycles. The fourth-order valence-electron chi connectivity index (χ4n) is 3.85. The summed E-state index contributed by atoms with van der Waals surface area (Å²) in [6.07, 6.45) is 3.16. The highest BCUT2D eigenvalue weighted by Crippen LogP contribution is 2.31. The van der Waals surface area contributed by atoms with Gasteiger partial charge in [0.15, 0.2) is 0 Å². The summed E-state index contributed by atoms with van der Waals surface area (Å²) in [6, 6.07) is 3.63. The number of hydrogen-bond donors (Lipinski definition) is 2. The van der Waals surface area contributed by atoms with Crippen molar-refractivity contribution in [2.24, 2.45) is 5.92 Å². The van der Waals surface area contributed by atoms with Gasteiger partial charge in [-0.25, -0.2) is 4.98 Å². The van der Waals surface area contributed by atoms with Crippen molar-refractivity contribution in [2.75, 3.05) is 19.3 Å². The molecular weight excluding hydrogens is 368 g/mol. The van der Waals surface area contributed by atoms with Crippen LogP contribution in [0, 0.1) is 5.92 Å². The summed E-state index contributed by atoms with van der Waals surface area (Å²) in [6.45, 7) is 2.90.